The van der Waals surface area contributed by atoms with E-state index in [-0.39, 0.29) is 32.6 Å². The van der Waals surface area contributed by atoms with Crippen molar-refractivity contribution >= 4 is 38.2 Å². The minimum Gasteiger partial charge on any atom is -0.349 e. The Balaban J connectivity index is 1.18. The highest BCUT2D eigenvalue weighted by Crippen LogP contribution is 2.49. The SMILES string of the molecule is Cc1cc(C)cc(S(=O)(=O)c2c(C(=O)NC3CC4(CCN(Cc5n[nH]c(=O)n5C)CC4)C3)[nH]c3ccc(Cl)cc23)c1. The third kappa shape index (κ3) is 5.11. The van der Waals surface area contributed by atoms with E-state index in [4.69, 9.17) is 11.6 Å². The number of carbonyl (C=O) groups excluding carboxylic acids is 1. The molecular weight excluding hydrogens is 564 g/mol. The number of benzene rings is 2. The van der Waals surface area contributed by atoms with Gasteiger partial charge < -0.3 is 10.3 Å². The zero-order valence-corrected chi connectivity index (χ0v) is 24.8. The summed E-state index contributed by atoms with van der Waals surface area (Å²) >= 11 is 6.26. The van der Waals surface area contributed by atoms with Gasteiger partial charge in [0, 0.05) is 29.0 Å². The van der Waals surface area contributed by atoms with Crippen LogP contribution in [0.3, 0.4) is 0 Å². The van der Waals surface area contributed by atoms with E-state index >= 15 is 0 Å². The van der Waals surface area contributed by atoms with Crippen molar-refractivity contribution in [3.63, 3.8) is 0 Å². The first-order chi connectivity index (χ1) is 19.4. The van der Waals surface area contributed by atoms with Crippen molar-refractivity contribution in [3.05, 3.63) is 74.6 Å². The minimum absolute atomic E-state index is 0.0295. The highest BCUT2D eigenvalue weighted by Gasteiger charge is 2.46. The topological polar surface area (TPSA) is 133 Å². The number of fused-ring (bicyclic) bond motifs is 1. The van der Waals surface area contributed by atoms with Crippen molar-refractivity contribution in [3.8, 4) is 0 Å². The normalized spacial score (nSPS) is 17.7. The Bertz CT molecular complexity index is 1800. The fourth-order valence-corrected chi connectivity index (χ4v) is 8.41. The van der Waals surface area contributed by atoms with Gasteiger partial charge in [-0.15, -0.1) is 0 Å². The van der Waals surface area contributed by atoms with Crippen LogP contribution in [0.4, 0.5) is 0 Å². The molecule has 3 heterocycles. The van der Waals surface area contributed by atoms with Gasteiger partial charge in [-0.3, -0.25) is 14.3 Å². The lowest BCUT2D eigenvalue weighted by Gasteiger charge is -2.52. The molecule has 1 saturated heterocycles. The van der Waals surface area contributed by atoms with E-state index in [1.54, 1.807) is 37.4 Å². The quantitative estimate of drug-likeness (QED) is 0.309. The number of piperidine rings is 1. The van der Waals surface area contributed by atoms with Crippen LogP contribution in [-0.2, 0) is 23.4 Å². The van der Waals surface area contributed by atoms with Gasteiger partial charge in [0.15, 0.2) is 0 Å². The summed E-state index contributed by atoms with van der Waals surface area (Å²) in [5.41, 5.74) is 2.16. The lowest BCUT2D eigenvalue weighted by Crippen LogP contribution is -2.55. The lowest BCUT2D eigenvalue weighted by molar-refractivity contribution is 0.00369. The summed E-state index contributed by atoms with van der Waals surface area (Å²) in [5.74, 6) is 0.285. The van der Waals surface area contributed by atoms with E-state index in [1.807, 2.05) is 19.9 Å². The molecular formula is C29H33ClN6O4S. The predicted octanol–water partition coefficient (Wildman–Crippen LogP) is 3.87. The molecule has 0 unspecified atom stereocenters. The van der Waals surface area contributed by atoms with E-state index < -0.39 is 15.7 Å². The number of carbonyl (C=O) groups is 1. The molecule has 10 nitrogen and oxygen atoms in total. The average molecular weight is 597 g/mol. The molecule has 1 saturated carbocycles. The van der Waals surface area contributed by atoms with Crippen molar-refractivity contribution in [2.24, 2.45) is 12.5 Å². The van der Waals surface area contributed by atoms with Crippen LogP contribution in [-0.4, -0.2) is 58.1 Å². The van der Waals surface area contributed by atoms with Gasteiger partial charge in [0.1, 0.15) is 16.4 Å². The van der Waals surface area contributed by atoms with Crippen LogP contribution in [0, 0.1) is 19.3 Å². The summed E-state index contributed by atoms with van der Waals surface area (Å²) in [6.45, 7) is 6.10. The number of nitrogens with one attached hydrogen (secondary N) is 3. The number of sulfone groups is 1. The molecule has 12 heteroatoms. The third-order valence-electron chi connectivity index (χ3n) is 8.66. The highest BCUT2D eigenvalue weighted by atomic mass is 35.5. The largest absolute Gasteiger partial charge is 0.349 e. The number of halogens is 1. The van der Waals surface area contributed by atoms with Crippen LogP contribution in [0.25, 0.3) is 10.9 Å². The highest BCUT2D eigenvalue weighted by molar-refractivity contribution is 7.91. The summed E-state index contributed by atoms with van der Waals surface area (Å²) in [5, 5.41) is 10.5. The first-order valence-corrected chi connectivity index (χ1v) is 15.6. The lowest BCUT2D eigenvalue weighted by atomic mass is 9.60. The smallest absolute Gasteiger partial charge is 0.343 e. The van der Waals surface area contributed by atoms with Gasteiger partial charge in [-0.1, -0.05) is 17.7 Å². The second-order valence-electron chi connectivity index (χ2n) is 11.7. The third-order valence-corrected chi connectivity index (χ3v) is 10.7. The number of aromatic amines is 2. The first kappa shape index (κ1) is 27.7. The molecule has 2 aromatic carbocycles. The average Bonchev–Trinajstić information content (AvgIpc) is 3.44. The Labute approximate surface area is 243 Å². The van der Waals surface area contributed by atoms with E-state index in [0.717, 1.165) is 55.7 Å². The zero-order chi connectivity index (χ0) is 29.1. The molecule has 2 aromatic heterocycles. The minimum atomic E-state index is -4.03. The molecule has 0 bridgehead atoms. The maximum Gasteiger partial charge on any atom is 0.343 e. The monoisotopic (exact) mass is 596 g/mol. The predicted molar refractivity (Wildman–Crippen MR) is 156 cm³/mol. The molecule has 4 aromatic rings. The molecule has 3 N–H and O–H groups in total. The van der Waals surface area contributed by atoms with Gasteiger partial charge in [-0.25, -0.2) is 18.3 Å². The van der Waals surface area contributed by atoms with E-state index in [0.29, 0.717) is 22.5 Å². The van der Waals surface area contributed by atoms with Crippen molar-refractivity contribution < 1.29 is 13.2 Å². The van der Waals surface area contributed by atoms with Crippen LogP contribution in [0.15, 0.2) is 51.0 Å². The second kappa shape index (κ2) is 10.1. The molecule has 2 fully saturated rings. The summed E-state index contributed by atoms with van der Waals surface area (Å²) < 4.78 is 29.5. The molecule has 1 aliphatic heterocycles. The maximum absolute atomic E-state index is 14.0. The van der Waals surface area contributed by atoms with Crippen LogP contribution in [0.1, 0.15) is 53.1 Å². The second-order valence-corrected chi connectivity index (χ2v) is 14.0. The van der Waals surface area contributed by atoms with E-state index in [2.05, 4.69) is 25.4 Å². The molecule has 41 heavy (non-hydrogen) atoms. The first-order valence-electron chi connectivity index (χ1n) is 13.7. The molecule has 0 atom stereocenters. The number of aryl methyl sites for hydroxylation is 2. The molecule has 6 rings (SSSR count). The Kier molecular flexibility index (Phi) is 6.87. The Hall–Kier alpha value is -3.41. The molecule has 2 aliphatic rings. The standard InChI is InChI=1S/C29H33ClN6O4S/c1-17-10-18(2)12-21(11-17)41(39,40)26-22-13-19(30)4-5-23(22)32-25(26)27(37)31-20-14-29(15-20)6-8-36(9-7-29)16-24-33-34-28(38)35(24)3/h4-5,10-13,20,32H,6-9,14-16H2,1-3H3,(H,31,37)(H,34,38). The Morgan fingerprint density at radius 3 is 2.44 bits per heavy atom. The molecule has 216 valence electrons. The summed E-state index contributed by atoms with van der Waals surface area (Å²) in [7, 11) is -2.32. The Morgan fingerprint density at radius 2 is 1.80 bits per heavy atom. The van der Waals surface area contributed by atoms with Crippen LogP contribution in [0.5, 0.6) is 0 Å². The number of H-pyrrole nitrogens is 2. The number of nitrogens with zero attached hydrogens (tertiary/aromatic N) is 3. The van der Waals surface area contributed by atoms with Crippen LogP contribution < -0.4 is 11.0 Å². The van der Waals surface area contributed by atoms with Gasteiger partial charge in [0.05, 0.1) is 11.4 Å². The van der Waals surface area contributed by atoms with Crippen LogP contribution >= 0.6 is 11.6 Å². The van der Waals surface area contributed by atoms with Gasteiger partial charge in [0.2, 0.25) is 9.84 Å². The maximum atomic E-state index is 14.0. The molecule has 1 aliphatic carbocycles. The molecule has 1 amide bonds. The number of likely N-dealkylation sites (tertiary alicyclic amines) is 1. The van der Waals surface area contributed by atoms with Gasteiger partial charge in [-0.2, -0.15) is 5.10 Å². The van der Waals surface area contributed by atoms with Crippen molar-refractivity contribution in [1.82, 2.24) is 30.0 Å². The van der Waals surface area contributed by atoms with E-state index in [1.165, 1.54) is 4.57 Å². The molecule has 0 radical (unpaired) electrons. The van der Waals surface area contributed by atoms with Crippen LogP contribution in [0.2, 0.25) is 5.02 Å². The number of amides is 1. The van der Waals surface area contributed by atoms with Gasteiger partial charge >= 0.3 is 5.69 Å². The Morgan fingerprint density at radius 1 is 1.12 bits per heavy atom. The van der Waals surface area contributed by atoms with E-state index in [9.17, 15) is 18.0 Å². The number of aromatic nitrogens is 4. The van der Waals surface area contributed by atoms with Gasteiger partial charge in [-0.05, 0) is 99.5 Å². The summed E-state index contributed by atoms with van der Waals surface area (Å²) in [6, 6.07) is 10.1. The molecule has 1 spiro atoms. The van der Waals surface area contributed by atoms with Crippen molar-refractivity contribution in [2.45, 2.75) is 61.9 Å². The fourth-order valence-electron chi connectivity index (χ4n) is 6.44. The fraction of sp³-hybridized carbons (Fsp3) is 0.414. The number of hydrogen-bond acceptors (Lipinski definition) is 6. The number of hydrogen-bond donors (Lipinski definition) is 3. The number of rotatable bonds is 6. The van der Waals surface area contributed by atoms with Crippen molar-refractivity contribution in [2.75, 3.05) is 13.1 Å². The summed E-state index contributed by atoms with van der Waals surface area (Å²) in [4.78, 5) is 30.7. The summed E-state index contributed by atoms with van der Waals surface area (Å²) in [6.07, 6.45) is 3.68. The van der Waals surface area contributed by atoms with Gasteiger partial charge in [0.25, 0.3) is 5.91 Å². The zero-order valence-electron chi connectivity index (χ0n) is 23.3. The van der Waals surface area contributed by atoms with Crippen molar-refractivity contribution in [1.29, 1.82) is 0 Å².